The Kier molecular flexibility index (Phi) is 2.77. The summed E-state index contributed by atoms with van der Waals surface area (Å²) in [6.07, 6.45) is 2.14. The first-order chi connectivity index (χ1) is 4.75. The van der Waals surface area contributed by atoms with Crippen LogP contribution in [-0.2, 0) is 4.43 Å². The highest BCUT2D eigenvalue weighted by atomic mass is 127. The fourth-order valence-electron chi connectivity index (χ4n) is 1.05. The van der Waals surface area contributed by atoms with Crippen molar-refractivity contribution in [1.82, 2.24) is 4.57 Å². The lowest BCUT2D eigenvalue weighted by atomic mass is 10.4. The minimum Gasteiger partial charge on any atom is -0.348 e. The highest BCUT2D eigenvalue weighted by molar-refractivity contribution is 14.1. The largest absolute Gasteiger partial charge is 0.348 e. The normalized spacial score (nSPS) is 10.8. The van der Waals surface area contributed by atoms with Crippen molar-refractivity contribution in [3.8, 4) is 0 Å². The van der Waals surface area contributed by atoms with Gasteiger partial charge in [0.25, 0.3) is 0 Å². The topological polar surface area (TPSA) is 4.93 Å². The van der Waals surface area contributed by atoms with Crippen LogP contribution in [0, 0.1) is 0 Å². The zero-order chi connectivity index (χ0) is 7.56. The summed E-state index contributed by atoms with van der Waals surface area (Å²) in [5, 5.41) is 0. The van der Waals surface area contributed by atoms with Gasteiger partial charge in [0.05, 0.1) is 0 Å². The molecule has 0 atom stereocenters. The second-order valence-corrected chi connectivity index (χ2v) is 3.40. The van der Waals surface area contributed by atoms with Gasteiger partial charge in [0.2, 0.25) is 0 Å². The van der Waals surface area contributed by atoms with Crippen molar-refractivity contribution in [1.29, 1.82) is 0 Å². The molecule has 0 N–H and O–H groups in total. The van der Waals surface area contributed by atoms with Gasteiger partial charge in [-0.15, -0.1) is 0 Å². The summed E-state index contributed by atoms with van der Waals surface area (Å²) in [6.45, 7) is 4.41. The van der Waals surface area contributed by atoms with E-state index in [0.717, 1.165) is 4.43 Å². The highest BCUT2D eigenvalue weighted by Crippen LogP contribution is 2.13. The molecule has 0 fully saturated rings. The maximum Gasteiger partial charge on any atom is 0.0400 e. The third-order valence-corrected chi connectivity index (χ3v) is 2.34. The Hall–Kier alpha value is 0.01000. The summed E-state index contributed by atoms with van der Waals surface area (Å²) in [5.41, 5.74) is 1.41. The Balaban J connectivity index is 2.90. The molecule has 0 aromatic carbocycles. The van der Waals surface area contributed by atoms with E-state index in [4.69, 9.17) is 0 Å². The SMILES string of the molecule is CC(C)n1cccc1CI. The minimum atomic E-state index is 0.597. The van der Waals surface area contributed by atoms with Crippen molar-refractivity contribution < 1.29 is 0 Å². The molecule has 1 nitrogen and oxygen atoms in total. The van der Waals surface area contributed by atoms with Crippen LogP contribution in [0.25, 0.3) is 0 Å². The quantitative estimate of drug-likeness (QED) is 0.561. The van der Waals surface area contributed by atoms with Crippen molar-refractivity contribution in [3.63, 3.8) is 0 Å². The number of rotatable bonds is 2. The molecule has 1 heterocycles. The van der Waals surface area contributed by atoms with Gasteiger partial charge in [-0.25, -0.2) is 0 Å². The summed E-state index contributed by atoms with van der Waals surface area (Å²) in [4.78, 5) is 0. The molecule has 0 bridgehead atoms. The Labute approximate surface area is 75.6 Å². The van der Waals surface area contributed by atoms with Crippen LogP contribution in [0.1, 0.15) is 25.6 Å². The monoisotopic (exact) mass is 249 g/mol. The molecular weight excluding hydrogens is 237 g/mol. The predicted octanol–water partition coefficient (Wildman–Crippen LogP) is 3.00. The van der Waals surface area contributed by atoms with Gasteiger partial charge in [-0.05, 0) is 26.0 Å². The molecule has 1 rings (SSSR count). The predicted molar refractivity (Wildman–Crippen MR) is 52.5 cm³/mol. The summed E-state index contributed by atoms with van der Waals surface area (Å²) < 4.78 is 3.40. The molecule has 1 aromatic rings. The zero-order valence-electron chi connectivity index (χ0n) is 6.34. The van der Waals surface area contributed by atoms with E-state index in [0.29, 0.717) is 6.04 Å². The van der Waals surface area contributed by atoms with Crippen LogP contribution in [0.4, 0.5) is 0 Å². The number of nitrogens with zero attached hydrogens (tertiary/aromatic N) is 1. The van der Waals surface area contributed by atoms with Crippen molar-refractivity contribution in [2.45, 2.75) is 24.3 Å². The molecule has 0 aliphatic carbocycles. The fourth-order valence-corrected chi connectivity index (χ4v) is 1.69. The average molecular weight is 249 g/mol. The lowest BCUT2D eigenvalue weighted by molar-refractivity contribution is 0.588. The zero-order valence-corrected chi connectivity index (χ0v) is 8.50. The second kappa shape index (κ2) is 3.42. The molecule has 1 aromatic heterocycles. The van der Waals surface area contributed by atoms with Gasteiger partial charge in [-0.2, -0.15) is 0 Å². The van der Waals surface area contributed by atoms with E-state index in [1.165, 1.54) is 5.69 Å². The van der Waals surface area contributed by atoms with E-state index in [1.54, 1.807) is 0 Å². The lowest BCUT2D eigenvalue weighted by Gasteiger charge is -2.10. The molecule has 0 saturated heterocycles. The van der Waals surface area contributed by atoms with E-state index < -0.39 is 0 Å². The number of aromatic nitrogens is 1. The van der Waals surface area contributed by atoms with Crippen LogP contribution < -0.4 is 0 Å². The summed E-state index contributed by atoms with van der Waals surface area (Å²) in [5.74, 6) is 0. The van der Waals surface area contributed by atoms with E-state index in [-0.39, 0.29) is 0 Å². The average Bonchev–Trinajstić information content (AvgIpc) is 2.33. The highest BCUT2D eigenvalue weighted by Gasteiger charge is 2.00. The molecule has 0 spiro atoms. The summed E-state index contributed by atoms with van der Waals surface area (Å²) >= 11 is 2.39. The molecular formula is C8H12IN. The van der Waals surface area contributed by atoms with Crippen LogP contribution in [0.3, 0.4) is 0 Å². The Morgan fingerprint density at radius 1 is 1.60 bits per heavy atom. The molecule has 0 unspecified atom stereocenters. The van der Waals surface area contributed by atoms with Crippen LogP contribution in [0.15, 0.2) is 18.3 Å². The van der Waals surface area contributed by atoms with Crippen molar-refractivity contribution >= 4 is 22.6 Å². The molecule has 0 aliphatic heterocycles. The first kappa shape index (κ1) is 8.11. The maximum absolute atomic E-state index is 2.39. The third kappa shape index (κ3) is 1.54. The van der Waals surface area contributed by atoms with Crippen molar-refractivity contribution in [3.05, 3.63) is 24.0 Å². The van der Waals surface area contributed by atoms with Gasteiger partial charge < -0.3 is 4.57 Å². The van der Waals surface area contributed by atoms with E-state index in [1.807, 2.05) is 0 Å². The molecule has 0 saturated carbocycles. The first-order valence-corrected chi connectivity index (χ1v) is 5.00. The van der Waals surface area contributed by atoms with Crippen LogP contribution in [0.5, 0.6) is 0 Å². The van der Waals surface area contributed by atoms with Gasteiger partial charge in [-0.1, -0.05) is 22.6 Å². The lowest BCUT2D eigenvalue weighted by Crippen LogP contribution is -2.01. The number of hydrogen-bond donors (Lipinski definition) is 0. The smallest absolute Gasteiger partial charge is 0.0400 e. The fraction of sp³-hybridized carbons (Fsp3) is 0.500. The number of hydrogen-bond acceptors (Lipinski definition) is 0. The molecule has 0 amide bonds. The minimum absolute atomic E-state index is 0.597. The van der Waals surface area contributed by atoms with Gasteiger partial charge >= 0.3 is 0 Å². The van der Waals surface area contributed by atoms with Gasteiger partial charge in [0, 0.05) is 22.4 Å². The van der Waals surface area contributed by atoms with Gasteiger partial charge in [0.1, 0.15) is 0 Å². The third-order valence-electron chi connectivity index (χ3n) is 1.56. The molecule has 0 aliphatic rings. The molecule has 2 heteroatoms. The van der Waals surface area contributed by atoms with E-state index >= 15 is 0 Å². The van der Waals surface area contributed by atoms with Crippen LogP contribution in [-0.4, -0.2) is 4.57 Å². The molecule has 0 radical (unpaired) electrons. The Morgan fingerprint density at radius 2 is 2.30 bits per heavy atom. The van der Waals surface area contributed by atoms with E-state index in [2.05, 4.69) is 59.3 Å². The first-order valence-electron chi connectivity index (χ1n) is 3.47. The van der Waals surface area contributed by atoms with Gasteiger partial charge in [0.15, 0.2) is 0 Å². The van der Waals surface area contributed by atoms with Crippen molar-refractivity contribution in [2.24, 2.45) is 0 Å². The van der Waals surface area contributed by atoms with Crippen LogP contribution >= 0.6 is 22.6 Å². The number of halogens is 1. The summed E-state index contributed by atoms with van der Waals surface area (Å²) in [6, 6.07) is 4.88. The van der Waals surface area contributed by atoms with Gasteiger partial charge in [-0.3, -0.25) is 0 Å². The molecule has 56 valence electrons. The van der Waals surface area contributed by atoms with E-state index in [9.17, 15) is 0 Å². The molecule has 10 heavy (non-hydrogen) atoms. The second-order valence-electron chi connectivity index (χ2n) is 2.63. The van der Waals surface area contributed by atoms with Crippen LogP contribution in [0.2, 0.25) is 0 Å². The Bertz CT molecular complexity index is 203. The number of alkyl halides is 1. The van der Waals surface area contributed by atoms with Crippen molar-refractivity contribution in [2.75, 3.05) is 0 Å². The summed E-state index contributed by atoms with van der Waals surface area (Å²) in [7, 11) is 0. The Morgan fingerprint density at radius 3 is 2.70 bits per heavy atom. The maximum atomic E-state index is 2.39. The standard InChI is InChI=1S/C8H12IN/c1-7(2)10-5-3-4-8(10)6-9/h3-5,7H,6H2,1-2H3.